The molecule has 1 unspecified atom stereocenters. The molecular weight excluding hydrogens is 236 g/mol. The van der Waals surface area contributed by atoms with Gasteiger partial charge in [-0.15, -0.1) is 0 Å². The topological polar surface area (TPSA) is 46.3 Å². The largest absolute Gasteiger partial charge is 0.341 e. The second-order valence-electron chi connectivity index (χ2n) is 4.92. The first kappa shape index (κ1) is 15.7. The molecule has 1 atom stereocenters. The number of hydrogen-bond donors (Lipinski definition) is 1. The number of nitrogens with zero attached hydrogens (tertiary/aromatic N) is 1. The normalized spacial score (nSPS) is 12.2. The molecule has 1 rings (SSSR count). The van der Waals surface area contributed by atoms with Crippen molar-refractivity contribution in [2.45, 2.75) is 45.6 Å². The van der Waals surface area contributed by atoms with Crippen LogP contribution in [-0.2, 0) is 4.79 Å². The van der Waals surface area contributed by atoms with Crippen molar-refractivity contribution < 1.29 is 4.79 Å². The summed E-state index contributed by atoms with van der Waals surface area (Å²) in [5, 5.41) is 0. The predicted octanol–water partition coefficient (Wildman–Crippen LogP) is 3.12. The summed E-state index contributed by atoms with van der Waals surface area (Å²) in [7, 11) is 0. The number of benzene rings is 1. The van der Waals surface area contributed by atoms with Crippen LogP contribution in [0.2, 0.25) is 0 Å². The summed E-state index contributed by atoms with van der Waals surface area (Å²) in [5.41, 5.74) is 6.99. The SMILES string of the molecule is CCCCN(CCCC)C(=O)C(N)c1ccccc1. The Morgan fingerprint density at radius 2 is 1.63 bits per heavy atom. The van der Waals surface area contributed by atoms with Gasteiger partial charge in [0, 0.05) is 13.1 Å². The molecule has 0 aliphatic rings. The van der Waals surface area contributed by atoms with E-state index in [2.05, 4.69) is 13.8 Å². The Hall–Kier alpha value is -1.35. The summed E-state index contributed by atoms with van der Waals surface area (Å²) in [6, 6.07) is 9.08. The van der Waals surface area contributed by atoms with Crippen molar-refractivity contribution >= 4 is 5.91 Å². The number of nitrogens with two attached hydrogens (primary N) is 1. The third-order valence-electron chi connectivity index (χ3n) is 3.30. The molecular formula is C16H26N2O. The highest BCUT2D eigenvalue weighted by Crippen LogP contribution is 2.14. The molecule has 0 saturated heterocycles. The zero-order valence-electron chi connectivity index (χ0n) is 12.1. The highest BCUT2D eigenvalue weighted by molar-refractivity contribution is 5.83. The Bertz CT molecular complexity index is 356. The van der Waals surface area contributed by atoms with Crippen molar-refractivity contribution in [3.63, 3.8) is 0 Å². The van der Waals surface area contributed by atoms with Gasteiger partial charge in [-0.05, 0) is 18.4 Å². The summed E-state index contributed by atoms with van der Waals surface area (Å²) < 4.78 is 0. The molecule has 0 heterocycles. The van der Waals surface area contributed by atoms with Gasteiger partial charge < -0.3 is 10.6 Å². The molecule has 0 radical (unpaired) electrons. The van der Waals surface area contributed by atoms with Crippen molar-refractivity contribution in [3.05, 3.63) is 35.9 Å². The Balaban J connectivity index is 2.68. The van der Waals surface area contributed by atoms with E-state index in [0.29, 0.717) is 0 Å². The highest BCUT2D eigenvalue weighted by atomic mass is 16.2. The lowest BCUT2D eigenvalue weighted by Crippen LogP contribution is -2.39. The first-order valence-corrected chi connectivity index (χ1v) is 7.30. The maximum atomic E-state index is 12.5. The lowest BCUT2D eigenvalue weighted by atomic mass is 10.1. The summed E-state index contributed by atoms with van der Waals surface area (Å²) in [5.74, 6) is 0.0492. The molecule has 1 aromatic rings. The quantitative estimate of drug-likeness (QED) is 0.782. The van der Waals surface area contributed by atoms with Crippen LogP contribution < -0.4 is 5.73 Å². The van der Waals surface area contributed by atoms with Crippen LogP contribution in [0, 0.1) is 0 Å². The molecule has 2 N–H and O–H groups in total. The van der Waals surface area contributed by atoms with Gasteiger partial charge in [-0.3, -0.25) is 4.79 Å². The van der Waals surface area contributed by atoms with Crippen LogP contribution in [0.4, 0.5) is 0 Å². The number of amides is 1. The van der Waals surface area contributed by atoms with Gasteiger partial charge in [0.25, 0.3) is 0 Å². The Kier molecular flexibility index (Phi) is 7.19. The van der Waals surface area contributed by atoms with Crippen LogP contribution in [0.5, 0.6) is 0 Å². The van der Waals surface area contributed by atoms with E-state index in [4.69, 9.17) is 5.73 Å². The van der Waals surface area contributed by atoms with E-state index in [1.165, 1.54) is 0 Å². The smallest absolute Gasteiger partial charge is 0.244 e. The molecule has 0 spiro atoms. The second kappa shape index (κ2) is 8.70. The number of hydrogen-bond acceptors (Lipinski definition) is 2. The number of rotatable bonds is 8. The molecule has 3 nitrogen and oxygen atoms in total. The first-order valence-electron chi connectivity index (χ1n) is 7.30. The fraction of sp³-hybridized carbons (Fsp3) is 0.562. The molecule has 0 bridgehead atoms. The summed E-state index contributed by atoms with van der Waals surface area (Å²) in [6.45, 7) is 5.91. The molecule has 0 fully saturated rings. The van der Waals surface area contributed by atoms with E-state index < -0.39 is 6.04 Å². The zero-order chi connectivity index (χ0) is 14.1. The van der Waals surface area contributed by atoms with Gasteiger partial charge in [0.2, 0.25) is 5.91 Å². The fourth-order valence-corrected chi connectivity index (χ4v) is 2.03. The highest BCUT2D eigenvalue weighted by Gasteiger charge is 2.21. The average molecular weight is 262 g/mol. The van der Waals surface area contributed by atoms with E-state index in [1.807, 2.05) is 35.2 Å². The molecule has 0 aliphatic carbocycles. The third-order valence-corrected chi connectivity index (χ3v) is 3.30. The molecule has 3 heteroatoms. The van der Waals surface area contributed by atoms with Crippen LogP contribution in [0.25, 0.3) is 0 Å². The minimum atomic E-state index is -0.532. The van der Waals surface area contributed by atoms with Gasteiger partial charge in [-0.2, -0.15) is 0 Å². The average Bonchev–Trinajstić information content (AvgIpc) is 2.47. The van der Waals surface area contributed by atoms with E-state index in [-0.39, 0.29) is 5.91 Å². The van der Waals surface area contributed by atoms with Gasteiger partial charge in [-0.1, -0.05) is 57.0 Å². The van der Waals surface area contributed by atoms with Gasteiger partial charge in [-0.25, -0.2) is 0 Å². The summed E-state index contributed by atoms with van der Waals surface area (Å²) in [4.78, 5) is 14.4. The second-order valence-corrected chi connectivity index (χ2v) is 4.92. The van der Waals surface area contributed by atoms with Crippen LogP contribution >= 0.6 is 0 Å². The molecule has 1 aromatic carbocycles. The minimum Gasteiger partial charge on any atom is -0.341 e. The Morgan fingerprint density at radius 3 is 2.11 bits per heavy atom. The lowest BCUT2D eigenvalue weighted by molar-refractivity contribution is -0.132. The summed E-state index contributed by atoms with van der Waals surface area (Å²) >= 11 is 0. The lowest BCUT2D eigenvalue weighted by Gasteiger charge is -2.25. The third kappa shape index (κ3) is 5.03. The van der Waals surface area contributed by atoms with E-state index in [1.54, 1.807) is 0 Å². The number of carbonyl (C=O) groups is 1. The van der Waals surface area contributed by atoms with Crippen molar-refractivity contribution in [2.24, 2.45) is 5.73 Å². The van der Waals surface area contributed by atoms with Gasteiger partial charge in [0.05, 0.1) is 0 Å². The summed E-state index contributed by atoms with van der Waals surface area (Å²) in [6.07, 6.45) is 4.26. The van der Waals surface area contributed by atoms with Crippen molar-refractivity contribution in [1.29, 1.82) is 0 Å². The number of unbranched alkanes of at least 4 members (excludes halogenated alkanes) is 2. The zero-order valence-corrected chi connectivity index (χ0v) is 12.1. The van der Waals surface area contributed by atoms with Gasteiger partial charge in [0.1, 0.15) is 6.04 Å². The van der Waals surface area contributed by atoms with E-state index in [0.717, 1.165) is 44.3 Å². The van der Waals surface area contributed by atoms with Crippen LogP contribution in [-0.4, -0.2) is 23.9 Å². The molecule has 19 heavy (non-hydrogen) atoms. The Labute approximate surface area is 116 Å². The maximum absolute atomic E-state index is 12.5. The van der Waals surface area contributed by atoms with Gasteiger partial charge >= 0.3 is 0 Å². The van der Waals surface area contributed by atoms with Crippen molar-refractivity contribution in [2.75, 3.05) is 13.1 Å². The molecule has 0 aliphatic heterocycles. The monoisotopic (exact) mass is 262 g/mol. The fourth-order valence-electron chi connectivity index (χ4n) is 2.03. The maximum Gasteiger partial charge on any atom is 0.244 e. The molecule has 106 valence electrons. The van der Waals surface area contributed by atoms with E-state index in [9.17, 15) is 4.79 Å². The Morgan fingerprint density at radius 1 is 1.11 bits per heavy atom. The van der Waals surface area contributed by atoms with Crippen molar-refractivity contribution in [1.82, 2.24) is 4.90 Å². The van der Waals surface area contributed by atoms with Crippen LogP contribution in [0.3, 0.4) is 0 Å². The van der Waals surface area contributed by atoms with Crippen LogP contribution in [0.1, 0.15) is 51.1 Å². The van der Waals surface area contributed by atoms with Crippen molar-refractivity contribution in [3.8, 4) is 0 Å². The van der Waals surface area contributed by atoms with Crippen LogP contribution in [0.15, 0.2) is 30.3 Å². The first-order chi connectivity index (χ1) is 9.20. The minimum absolute atomic E-state index is 0.0492. The van der Waals surface area contributed by atoms with E-state index >= 15 is 0 Å². The predicted molar refractivity (Wildman–Crippen MR) is 79.8 cm³/mol. The number of carbonyl (C=O) groups excluding carboxylic acids is 1. The molecule has 0 aromatic heterocycles. The van der Waals surface area contributed by atoms with Gasteiger partial charge in [0.15, 0.2) is 0 Å². The standard InChI is InChI=1S/C16H26N2O/c1-3-5-12-18(13-6-4-2)16(19)15(17)14-10-8-7-9-11-14/h7-11,15H,3-6,12-13,17H2,1-2H3. The molecule has 1 amide bonds. The molecule has 0 saturated carbocycles.